The number of hydrogen-bond donors (Lipinski definition) is 1. The normalized spacial score (nSPS) is 20.6. The molecule has 2 unspecified atom stereocenters. The predicted molar refractivity (Wildman–Crippen MR) is 92.4 cm³/mol. The first-order valence-corrected chi connectivity index (χ1v) is 8.51. The van der Waals surface area contributed by atoms with Crippen molar-refractivity contribution in [2.24, 2.45) is 0 Å². The van der Waals surface area contributed by atoms with E-state index >= 15 is 0 Å². The van der Waals surface area contributed by atoms with Gasteiger partial charge in [-0.2, -0.15) is 4.98 Å². The van der Waals surface area contributed by atoms with Crippen LogP contribution in [0.15, 0.2) is 47.2 Å². The zero-order valence-corrected chi connectivity index (χ0v) is 14.3. The highest BCUT2D eigenvalue weighted by atomic mass is 19.1. The zero-order chi connectivity index (χ0) is 18.1. The molecule has 2 atom stereocenters. The average molecular weight is 354 g/mol. The number of halogens is 1. The molecule has 1 aliphatic rings. The Morgan fingerprint density at radius 2 is 2.23 bits per heavy atom. The second-order valence-electron chi connectivity index (χ2n) is 6.62. The number of aromatic nitrogens is 3. The summed E-state index contributed by atoms with van der Waals surface area (Å²) in [6.45, 7) is 2.86. The van der Waals surface area contributed by atoms with E-state index in [1.807, 2.05) is 12.1 Å². The molecule has 134 valence electrons. The van der Waals surface area contributed by atoms with Crippen LogP contribution in [0.4, 0.5) is 4.39 Å². The fourth-order valence-electron chi connectivity index (χ4n) is 3.26. The first kappa shape index (κ1) is 16.8. The van der Waals surface area contributed by atoms with Gasteiger partial charge in [-0.25, -0.2) is 4.39 Å². The molecule has 1 fully saturated rings. The smallest absolute Gasteiger partial charge is 0.244 e. The number of β-amino-alcohol motifs (C(OH)–C–C–N with tert-alkyl or cyclic N) is 1. The third kappa shape index (κ3) is 3.36. The molecule has 0 radical (unpaired) electrons. The third-order valence-corrected chi connectivity index (χ3v) is 4.65. The second-order valence-corrected chi connectivity index (χ2v) is 6.62. The fourth-order valence-corrected chi connectivity index (χ4v) is 3.26. The molecule has 0 aliphatic carbocycles. The van der Waals surface area contributed by atoms with Gasteiger partial charge in [0.2, 0.25) is 11.7 Å². The highest BCUT2D eigenvalue weighted by Crippen LogP contribution is 2.33. The second kappa shape index (κ2) is 6.93. The summed E-state index contributed by atoms with van der Waals surface area (Å²) >= 11 is 0. The van der Waals surface area contributed by atoms with Gasteiger partial charge >= 0.3 is 0 Å². The van der Waals surface area contributed by atoms with Crippen molar-refractivity contribution in [1.29, 1.82) is 0 Å². The van der Waals surface area contributed by atoms with E-state index in [2.05, 4.69) is 20.0 Å². The molecule has 0 amide bonds. The standard InChI is InChI=1S/C19H19FN4O2/c1-12-4-5-14(7-16(12)20)18-22-19(26-23-18)17-8-15(25)11-24(17)10-13-3-2-6-21-9-13/h2-7,9,15,17,25H,8,10-11H2,1H3. The van der Waals surface area contributed by atoms with Crippen LogP contribution in [-0.2, 0) is 6.54 Å². The van der Waals surface area contributed by atoms with E-state index in [1.54, 1.807) is 31.5 Å². The molecule has 6 nitrogen and oxygen atoms in total. The number of pyridine rings is 1. The van der Waals surface area contributed by atoms with Crippen molar-refractivity contribution >= 4 is 0 Å². The van der Waals surface area contributed by atoms with Gasteiger partial charge in [0, 0.05) is 31.0 Å². The topological polar surface area (TPSA) is 75.3 Å². The predicted octanol–water partition coefficient (Wildman–Crippen LogP) is 2.89. The first-order valence-electron chi connectivity index (χ1n) is 8.51. The quantitative estimate of drug-likeness (QED) is 0.776. The number of hydrogen-bond acceptors (Lipinski definition) is 6. The van der Waals surface area contributed by atoms with Gasteiger partial charge in [0.15, 0.2) is 0 Å². The molecule has 1 aliphatic heterocycles. The highest BCUT2D eigenvalue weighted by Gasteiger charge is 2.36. The molecule has 1 saturated heterocycles. The lowest BCUT2D eigenvalue weighted by Crippen LogP contribution is -2.24. The monoisotopic (exact) mass is 354 g/mol. The maximum Gasteiger partial charge on any atom is 0.244 e. The van der Waals surface area contributed by atoms with Gasteiger partial charge in [-0.1, -0.05) is 23.4 Å². The number of rotatable bonds is 4. The van der Waals surface area contributed by atoms with Gasteiger partial charge in [-0.15, -0.1) is 0 Å². The van der Waals surface area contributed by atoms with Crippen LogP contribution in [0.5, 0.6) is 0 Å². The Morgan fingerprint density at radius 3 is 3.00 bits per heavy atom. The molecule has 0 bridgehead atoms. The minimum Gasteiger partial charge on any atom is -0.392 e. The van der Waals surface area contributed by atoms with E-state index < -0.39 is 6.10 Å². The lowest BCUT2D eigenvalue weighted by atomic mass is 10.1. The summed E-state index contributed by atoms with van der Waals surface area (Å²) in [7, 11) is 0. The summed E-state index contributed by atoms with van der Waals surface area (Å²) in [5.74, 6) is 0.478. The molecule has 3 aromatic rings. The van der Waals surface area contributed by atoms with Crippen molar-refractivity contribution in [1.82, 2.24) is 20.0 Å². The summed E-state index contributed by atoms with van der Waals surface area (Å²) in [5.41, 5.74) is 2.19. The molecule has 0 saturated carbocycles. The van der Waals surface area contributed by atoms with Crippen LogP contribution in [0.1, 0.15) is 29.5 Å². The van der Waals surface area contributed by atoms with E-state index in [1.165, 1.54) is 6.07 Å². The van der Waals surface area contributed by atoms with Gasteiger partial charge in [0.25, 0.3) is 0 Å². The molecule has 26 heavy (non-hydrogen) atoms. The molecular formula is C19H19FN4O2. The number of benzene rings is 1. The van der Waals surface area contributed by atoms with E-state index in [0.29, 0.717) is 42.4 Å². The SMILES string of the molecule is Cc1ccc(-c2noc(C3CC(O)CN3Cc3cccnc3)n2)cc1F. The van der Waals surface area contributed by atoms with Crippen molar-refractivity contribution in [3.8, 4) is 11.4 Å². The fraction of sp³-hybridized carbons (Fsp3) is 0.316. The van der Waals surface area contributed by atoms with Gasteiger partial charge < -0.3 is 9.63 Å². The van der Waals surface area contributed by atoms with Crippen LogP contribution in [0.25, 0.3) is 11.4 Å². The molecule has 3 heterocycles. The minimum absolute atomic E-state index is 0.179. The minimum atomic E-state index is -0.455. The van der Waals surface area contributed by atoms with Gasteiger partial charge in [0.1, 0.15) is 5.82 Å². The van der Waals surface area contributed by atoms with Crippen molar-refractivity contribution in [2.75, 3.05) is 6.54 Å². The van der Waals surface area contributed by atoms with Crippen molar-refractivity contribution in [2.45, 2.75) is 32.0 Å². The lowest BCUT2D eigenvalue weighted by Gasteiger charge is -2.20. The summed E-state index contributed by atoms with van der Waals surface area (Å²) in [5, 5.41) is 14.1. The Balaban J connectivity index is 1.57. The van der Waals surface area contributed by atoms with Crippen LogP contribution < -0.4 is 0 Å². The molecule has 7 heteroatoms. The largest absolute Gasteiger partial charge is 0.392 e. The van der Waals surface area contributed by atoms with Gasteiger partial charge in [-0.05, 0) is 36.6 Å². The summed E-state index contributed by atoms with van der Waals surface area (Å²) in [4.78, 5) is 10.7. The van der Waals surface area contributed by atoms with E-state index in [4.69, 9.17) is 4.52 Å². The van der Waals surface area contributed by atoms with Crippen LogP contribution >= 0.6 is 0 Å². The third-order valence-electron chi connectivity index (χ3n) is 4.65. The van der Waals surface area contributed by atoms with Gasteiger partial charge in [-0.3, -0.25) is 9.88 Å². The summed E-state index contributed by atoms with van der Waals surface area (Å²) in [6, 6.07) is 8.55. The summed E-state index contributed by atoms with van der Waals surface area (Å²) < 4.78 is 19.2. The number of likely N-dealkylation sites (tertiary alicyclic amines) is 1. The molecule has 1 N–H and O–H groups in total. The molecule has 4 rings (SSSR count). The maximum atomic E-state index is 13.8. The lowest BCUT2D eigenvalue weighted by molar-refractivity contribution is 0.169. The number of aliphatic hydroxyl groups is 1. The Labute approximate surface area is 150 Å². The van der Waals surface area contributed by atoms with Crippen molar-refractivity contribution < 1.29 is 14.0 Å². The average Bonchev–Trinajstić information content (AvgIpc) is 3.25. The van der Waals surface area contributed by atoms with Gasteiger partial charge in [0.05, 0.1) is 12.1 Å². The Hall–Kier alpha value is -2.64. The van der Waals surface area contributed by atoms with Crippen LogP contribution in [0.3, 0.4) is 0 Å². The van der Waals surface area contributed by atoms with Crippen molar-refractivity contribution in [3.63, 3.8) is 0 Å². The number of aryl methyl sites for hydroxylation is 1. The number of aliphatic hydroxyl groups excluding tert-OH is 1. The van der Waals surface area contributed by atoms with Crippen LogP contribution in [-0.4, -0.2) is 37.8 Å². The summed E-state index contributed by atoms with van der Waals surface area (Å²) in [6.07, 6.45) is 3.59. The first-order chi connectivity index (χ1) is 12.6. The van der Waals surface area contributed by atoms with E-state index in [-0.39, 0.29) is 11.9 Å². The Morgan fingerprint density at radius 1 is 1.35 bits per heavy atom. The van der Waals surface area contributed by atoms with Crippen molar-refractivity contribution in [3.05, 3.63) is 65.6 Å². The van der Waals surface area contributed by atoms with E-state index in [9.17, 15) is 9.50 Å². The Bertz CT molecular complexity index is 900. The Kier molecular flexibility index (Phi) is 4.48. The molecule has 0 spiro atoms. The molecule has 2 aromatic heterocycles. The zero-order valence-electron chi connectivity index (χ0n) is 14.3. The molecule has 1 aromatic carbocycles. The molecular weight excluding hydrogens is 335 g/mol. The van der Waals surface area contributed by atoms with Crippen LogP contribution in [0.2, 0.25) is 0 Å². The maximum absolute atomic E-state index is 13.8. The highest BCUT2D eigenvalue weighted by molar-refractivity contribution is 5.55. The van der Waals surface area contributed by atoms with E-state index in [0.717, 1.165) is 5.56 Å². The number of nitrogens with zero attached hydrogens (tertiary/aromatic N) is 4. The van der Waals surface area contributed by atoms with Crippen LogP contribution in [0, 0.1) is 12.7 Å².